The van der Waals surface area contributed by atoms with Crippen molar-refractivity contribution in [3.63, 3.8) is 0 Å². The molecule has 0 spiro atoms. The summed E-state index contributed by atoms with van der Waals surface area (Å²) < 4.78 is 13.6. The maximum Gasteiger partial charge on any atom is 0.188 e. The number of guanidine groups is 1. The molecule has 1 aliphatic rings. The predicted molar refractivity (Wildman–Crippen MR) is 72.0 cm³/mol. The first-order valence-corrected chi connectivity index (χ1v) is 6.38. The van der Waals surface area contributed by atoms with Gasteiger partial charge in [0.25, 0.3) is 0 Å². The first-order valence-electron chi connectivity index (χ1n) is 6.38. The molecule has 0 saturated heterocycles. The summed E-state index contributed by atoms with van der Waals surface area (Å²) in [7, 11) is 0. The number of hydrogen-bond acceptors (Lipinski definition) is 1. The van der Waals surface area contributed by atoms with Crippen molar-refractivity contribution in [1.82, 2.24) is 5.32 Å². The Morgan fingerprint density at radius 1 is 1.50 bits per heavy atom. The molecule has 1 fully saturated rings. The molecule has 2 rings (SSSR count). The second-order valence-corrected chi connectivity index (χ2v) is 5.23. The second-order valence-electron chi connectivity index (χ2n) is 5.23. The number of halogens is 1. The highest BCUT2D eigenvalue weighted by molar-refractivity contribution is 5.78. The van der Waals surface area contributed by atoms with Crippen LogP contribution in [-0.4, -0.2) is 18.5 Å². The Labute approximate surface area is 107 Å². The van der Waals surface area contributed by atoms with E-state index in [-0.39, 0.29) is 17.8 Å². The highest BCUT2D eigenvalue weighted by atomic mass is 19.1. The quantitative estimate of drug-likeness (QED) is 0.635. The van der Waals surface area contributed by atoms with E-state index in [9.17, 15) is 4.39 Å². The van der Waals surface area contributed by atoms with Crippen molar-refractivity contribution in [1.29, 1.82) is 0 Å². The average Bonchev–Trinajstić information content (AvgIpc) is 3.06. The lowest BCUT2D eigenvalue weighted by Gasteiger charge is -2.07. The third-order valence-electron chi connectivity index (χ3n) is 3.06. The number of nitrogens with zero attached hydrogens (tertiary/aromatic N) is 1. The Bertz CT molecular complexity index is 442. The normalized spacial score (nSPS) is 23.2. The van der Waals surface area contributed by atoms with Crippen LogP contribution in [0, 0.1) is 11.7 Å². The molecular weight excluding hydrogens is 229 g/mol. The van der Waals surface area contributed by atoms with Crippen LogP contribution in [0.2, 0.25) is 0 Å². The number of nitrogens with two attached hydrogens (primary N) is 1. The van der Waals surface area contributed by atoms with Gasteiger partial charge in [-0.25, -0.2) is 4.39 Å². The van der Waals surface area contributed by atoms with Crippen LogP contribution >= 0.6 is 0 Å². The molecule has 0 amide bonds. The molecule has 0 aromatic heterocycles. The Balaban J connectivity index is 1.89. The van der Waals surface area contributed by atoms with E-state index in [0.29, 0.717) is 11.9 Å². The number of benzene rings is 1. The fraction of sp³-hybridized carbons (Fsp3) is 0.500. The van der Waals surface area contributed by atoms with Crippen LogP contribution in [0.25, 0.3) is 0 Å². The fourth-order valence-electron chi connectivity index (χ4n) is 1.99. The van der Waals surface area contributed by atoms with Gasteiger partial charge in [-0.3, -0.25) is 4.99 Å². The van der Waals surface area contributed by atoms with Gasteiger partial charge in [0.05, 0.1) is 0 Å². The summed E-state index contributed by atoms with van der Waals surface area (Å²) in [6.07, 6.45) is 0.916. The van der Waals surface area contributed by atoms with Crippen LogP contribution in [0.5, 0.6) is 0 Å². The first-order chi connectivity index (χ1) is 8.58. The summed E-state index contributed by atoms with van der Waals surface area (Å²) in [5, 5.41) is 3.15. The minimum absolute atomic E-state index is 0.135. The van der Waals surface area contributed by atoms with Gasteiger partial charge in [0, 0.05) is 18.5 Å². The number of aliphatic imine (C=N–C) groups is 1. The minimum Gasteiger partial charge on any atom is -0.370 e. The standard InChI is InChI=1S/C14H20FN3/c1-9(2)8-17-14(16)18-13-7-11(13)10-5-3-4-6-12(10)15/h3-6,9,11,13H,7-8H2,1-2H3,(H3,16,17,18). The van der Waals surface area contributed by atoms with E-state index >= 15 is 0 Å². The Kier molecular flexibility index (Phi) is 3.84. The molecular formula is C14H20FN3. The van der Waals surface area contributed by atoms with Crippen molar-refractivity contribution in [2.45, 2.75) is 32.2 Å². The summed E-state index contributed by atoms with van der Waals surface area (Å²) in [5.41, 5.74) is 6.56. The smallest absolute Gasteiger partial charge is 0.188 e. The zero-order valence-corrected chi connectivity index (χ0v) is 10.9. The molecule has 0 radical (unpaired) electrons. The van der Waals surface area contributed by atoms with E-state index in [0.717, 1.165) is 18.5 Å². The Morgan fingerprint density at radius 2 is 2.22 bits per heavy atom. The summed E-state index contributed by atoms with van der Waals surface area (Å²) in [5.74, 6) is 1.04. The van der Waals surface area contributed by atoms with E-state index in [1.54, 1.807) is 6.07 Å². The molecule has 1 saturated carbocycles. The molecule has 0 aliphatic heterocycles. The van der Waals surface area contributed by atoms with Crippen LogP contribution in [0.15, 0.2) is 29.3 Å². The predicted octanol–water partition coefficient (Wildman–Crippen LogP) is 2.24. The fourth-order valence-corrected chi connectivity index (χ4v) is 1.99. The SMILES string of the molecule is CC(C)CN=C(N)NC1CC1c1ccccc1F. The molecule has 3 nitrogen and oxygen atoms in total. The molecule has 1 aliphatic carbocycles. The van der Waals surface area contributed by atoms with Gasteiger partial charge in [0.15, 0.2) is 5.96 Å². The third-order valence-corrected chi connectivity index (χ3v) is 3.06. The van der Waals surface area contributed by atoms with Gasteiger partial charge in [-0.15, -0.1) is 0 Å². The number of nitrogens with one attached hydrogen (secondary N) is 1. The van der Waals surface area contributed by atoms with E-state index < -0.39 is 0 Å². The van der Waals surface area contributed by atoms with Gasteiger partial charge in [-0.1, -0.05) is 32.0 Å². The van der Waals surface area contributed by atoms with Crippen LogP contribution in [0.4, 0.5) is 4.39 Å². The minimum atomic E-state index is -0.135. The molecule has 0 heterocycles. The molecule has 3 N–H and O–H groups in total. The van der Waals surface area contributed by atoms with Crippen molar-refractivity contribution >= 4 is 5.96 Å². The van der Waals surface area contributed by atoms with Gasteiger partial charge < -0.3 is 11.1 Å². The molecule has 1 aromatic rings. The zero-order chi connectivity index (χ0) is 13.1. The first kappa shape index (κ1) is 12.9. The molecule has 1 aromatic carbocycles. The Hall–Kier alpha value is -1.58. The second kappa shape index (κ2) is 5.38. The highest BCUT2D eigenvalue weighted by Crippen LogP contribution is 2.41. The molecule has 0 bridgehead atoms. The topological polar surface area (TPSA) is 50.4 Å². The lowest BCUT2D eigenvalue weighted by Crippen LogP contribution is -2.34. The number of rotatable bonds is 4. The van der Waals surface area contributed by atoms with Gasteiger partial charge >= 0.3 is 0 Å². The summed E-state index contributed by atoms with van der Waals surface area (Å²) in [4.78, 5) is 4.24. The van der Waals surface area contributed by atoms with E-state index in [1.807, 2.05) is 12.1 Å². The lowest BCUT2D eigenvalue weighted by atomic mass is 10.1. The van der Waals surface area contributed by atoms with Gasteiger partial charge in [0.2, 0.25) is 0 Å². The summed E-state index contributed by atoms with van der Waals surface area (Å²) in [6, 6.07) is 7.13. The molecule has 4 heteroatoms. The molecule has 98 valence electrons. The van der Waals surface area contributed by atoms with Crippen molar-refractivity contribution in [3.05, 3.63) is 35.6 Å². The van der Waals surface area contributed by atoms with Crippen LogP contribution in [-0.2, 0) is 0 Å². The largest absolute Gasteiger partial charge is 0.370 e. The third kappa shape index (κ3) is 3.22. The molecule has 2 atom stereocenters. The number of hydrogen-bond donors (Lipinski definition) is 2. The highest BCUT2D eigenvalue weighted by Gasteiger charge is 2.40. The molecule has 2 unspecified atom stereocenters. The molecule has 18 heavy (non-hydrogen) atoms. The van der Waals surface area contributed by atoms with Gasteiger partial charge in [0.1, 0.15) is 5.82 Å². The maximum atomic E-state index is 13.6. The zero-order valence-electron chi connectivity index (χ0n) is 10.9. The summed E-state index contributed by atoms with van der Waals surface area (Å²) >= 11 is 0. The van der Waals surface area contributed by atoms with Gasteiger partial charge in [-0.05, 0) is 24.0 Å². The maximum absolute atomic E-state index is 13.6. The van der Waals surface area contributed by atoms with Crippen LogP contribution < -0.4 is 11.1 Å². The van der Waals surface area contributed by atoms with Crippen molar-refractivity contribution in [2.75, 3.05) is 6.54 Å². The van der Waals surface area contributed by atoms with Gasteiger partial charge in [-0.2, -0.15) is 0 Å². The van der Waals surface area contributed by atoms with E-state index in [2.05, 4.69) is 24.2 Å². The summed E-state index contributed by atoms with van der Waals surface area (Å²) in [6.45, 7) is 4.90. The van der Waals surface area contributed by atoms with Crippen molar-refractivity contribution in [2.24, 2.45) is 16.6 Å². The van der Waals surface area contributed by atoms with Crippen LogP contribution in [0.1, 0.15) is 31.7 Å². The van der Waals surface area contributed by atoms with Crippen LogP contribution in [0.3, 0.4) is 0 Å². The lowest BCUT2D eigenvalue weighted by molar-refractivity contribution is 0.608. The Morgan fingerprint density at radius 3 is 2.89 bits per heavy atom. The van der Waals surface area contributed by atoms with E-state index in [4.69, 9.17) is 5.73 Å². The van der Waals surface area contributed by atoms with Crippen molar-refractivity contribution < 1.29 is 4.39 Å². The average molecular weight is 249 g/mol. The monoisotopic (exact) mass is 249 g/mol. The van der Waals surface area contributed by atoms with Crippen molar-refractivity contribution in [3.8, 4) is 0 Å². The van der Waals surface area contributed by atoms with E-state index in [1.165, 1.54) is 6.07 Å².